The summed E-state index contributed by atoms with van der Waals surface area (Å²) in [6.45, 7) is 0.996. The maximum Gasteiger partial charge on any atom is 0.329 e. The molecule has 0 saturated carbocycles. The van der Waals surface area contributed by atoms with Crippen LogP contribution in [0.15, 0.2) is 4.52 Å². The quantitative estimate of drug-likeness (QED) is 0.756. The van der Waals surface area contributed by atoms with Gasteiger partial charge in [0.05, 0.1) is 19.8 Å². The third kappa shape index (κ3) is 3.48. The fraction of sp³-hybridized carbons (Fsp3) is 0.667. The molecule has 1 unspecified atom stereocenters. The molecule has 1 fully saturated rings. The number of aliphatic carboxylic acids is 1. The third-order valence-electron chi connectivity index (χ3n) is 2.04. The zero-order chi connectivity index (χ0) is 12.1. The van der Waals surface area contributed by atoms with E-state index >= 15 is 0 Å². The Morgan fingerprint density at radius 3 is 3.12 bits per heavy atom. The van der Waals surface area contributed by atoms with E-state index in [1.54, 1.807) is 0 Å². The highest BCUT2D eigenvalue weighted by Gasteiger charge is 2.22. The molecule has 1 aromatic heterocycles. The van der Waals surface area contributed by atoms with Crippen molar-refractivity contribution in [3.63, 3.8) is 0 Å². The van der Waals surface area contributed by atoms with Gasteiger partial charge in [-0.15, -0.1) is 0 Å². The molecule has 1 aliphatic heterocycles. The van der Waals surface area contributed by atoms with Gasteiger partial charge in [-0.3, -0.25) is 0 Å². The van der Waals surface area contributed by atoms with Gasteiger partial charge < -0.3 is 23.8 Å². The van der Waals surface area contributed by atoms with Gasteiger partial charge in [-0.05, 0) is 0 Å². The molecular formula is C9H12N2O6. The number of ether oxygens (including phenoxy) is 3. The first-order chi connectivity index (χ1) is 8.25. The van der Waals surface area contributed by atoms with Crippen LogP contribution in [0, 0.1) is 0 Å². The summed E-state index contributed by atoms with van der Waals surface area (Å²) in [5.41, 5.74) is 0. The van der Waals surface area contributed by atoms with E-state index in [0.717, 1.165) is 0 Å². The van der Waals surface area contributed by atoms with Crippen molar-refractivity contribution in [2.75, 3.05) is 26.4 Å². The Balaban J connectivity index is 1.84. The van der Waals surface area contributed by atoms with Crippen LogP contribution in [0.5, 0.6) is 0 Å². The van der Waals surface area contributed by atoms with Crippen molar-refractivity contribution in [3.05, 3.63) is 11.7 Å². The number of aromatic nitrogens is 2. The van der Waals surface area contributed by atoms with E-state index in [4.69, 9.17) is 23.8 Å². The number of carbonyl (C=O) groups is 1. The van der Waals surface area contributed by atoms with Crippen LogP contribution >= 0.6 is 0 Å². The molecule has 0 bridgehead atoms. The predicted octanol–water partition coefficient (Wildman–Crippen LogP) is -0.241. The summed E-state index contributed by atoms with van der Waals surface area (Å²) in [7, 11) is 0. The number of rotatable bonds is 5. The Morgan fingerprint density at radius 1 is 1.53 bits per heavy atom. The van der Waals surface area contributed by atoms with E-state index in [-0.39, 0.29) is 18.6 Å². The van der Waals surface area contributed by atoms with Gasteiger partial charge in [-0.2, -0.15) is 4.98 Å². The lowest BCUT2D eigenvalue weighted by atomic mass is 10.3. The van der Waals surface area contributed by atoms with Gasteiger partial charge in [0, 0.05) is 0 Å². The summed E-state index contributed by atoms with van der Waals surface area (Å²) in [6, 6.07) is 0. The third-order valence-corrected chi connectivity index (χ3v) is 2.04. The second kappa shape index (κ2) is 5.71. The van der Waals surface area contributed by atoms with Gasteiger partial charge in [0.1, 0.15) is 19.3 Å². The molecule has 0 spiro atoms. The highest BCUT2D eigenvalue weighted by molar-refractivity contribution is 5.67. The smallest absolute Gasteiger partial charge is 0.329 e. The van der Waals surface area contributed by atoms with Crippen molar-refractivity contribution in [2.24, 2.45) is 0 Å². The molecule has 2 heterocycles. The van der Waals surface area contributed by atoms with Crippen LogP contribution in [0.2, 0.25) is 0 Å². The number of nitrogens with zero attached hydrogens (tertiary/aromatic N) is 2. The van der Waals surface area contributed by atoms with E-state index in [2.05, 4.69) is 10.1 Å². The van der Waals surface area contributed by atoms with Crippen LogP contribution in [0.1, 0.15) is 17.8 Å². The van der Waals surface area contributed by atoms with Crippen molar-refractivity contribution in [3.8, 4) is 0 Å². The van der Waals surface area contributed by atoms with Crippen molar-refractivity contribution in [2.45, 2.75) is 12.7 Å². The molecule has 0 aliphatic carbocycles. The standard InChI is InChI=1S/C9H12N2O6/c12-8(13)5-15-4-7-10-9(11-17-7)6-3-14-1-2-16-6/h6H,1-5H2,(H,12,13). The maximum absolute atomic E-state index is 10.2. The molecule has 8 heteroatoms. The molecule has 94 valence electrons. The van der Waals surface area contributed by atoms with Crippen molar-refractivity contribution >= 4 is 5.97 Å². The molecule has 8 nitrogen and oxygen atoms in total. The fourth-order valence-electron chi connectivity index (χ4n) is 1.32. The average Bonchev–Trinajstić information content (AvgIpc) is 2.78. The first kappa shape index (κ1) is 12.0. The molecule has 1 aromatic rings. The molecule has 0 radical (unpaired) electrons. The number of hydrogen-bond donors (Lipinski definition) is 1. The Hall–Kier alpha value is -1.51. The van der Waals surface area contributed by atoms with Crippen LogP contribution in [0.3, 0.4) is 0 Å². The summed E-state index contributed by atoms with van der Waals surface area (Å²) in [4.78, 5) is 14.2. The summed E-state index contributed by atoms with van der Waals surface area (Å²) in [5, 5.41) is 12.1. The van der Waals surface area contributed by atoms with Gasteiger partial charge in [-0.1, -0.05) is 5.16 Å². The highest BCUT2D eigenvalue weighted by atomic mass is 16.6. The number of carboxylic acids is 1. The van der Waals surface area contributed by atoms with Gasteiger partial charge in [0.2, 0.25) is 5.82 Å². The average molecular weight is 244 g/mol. The largest absolute Gasteiger partial charge is 0.480 e. The minimum atomic E-state index is -1.05. The Kier molecular flexibility index (Phi) is 4.02. The van der Waals surface area contributed by atoms with E-state index in [1.165, 1.54) is 0 Å². The SMILES string of the molecule is O=C(O)COCc1nc(C2COCCO2)no1. The monoisotopic (exact) mass is 244 g/mol. The predicted molar refractivity (Wildman–Crippen MR) is 51.1 cm³/mol. The molecule has 1 saturated heterocycles. The van der Waals surface area contributed by atoms with Gasteiger partial charge in [-0.25, -0.2) is 4.79 Å². The van der Waals surface area contributed by atoms with Crippen molar-refractivity contribution in [1.29, 1.82) is 0 Å². The fourth-order valence-corrected chi connectivity index (χ4v) is 1.32. The number of hydrogen-bond acceptors (Lipinski definition) is 7. The zero-order valence-electron chi connectivity index (χ0n) is 9.00. The maximum atomic E-state index is 10.2. The van der Waals surface area contributed by atoms with Crippen LogP contribution in [0.4, 0.5) is 0 Å². The summed E-state index contributed by atoms with van der Waals surface area (Å²) >= 11 is 0. The van der Waals surface area contributed by atoms with E-state index in [9.17, 15) is 4.79 Å². The minimum Gasteiger partial charge on any atom is -0.480 e. The van der Waals surface area contributed by atoms with E-state index in [0.29, 0.717) is 25.6 Å². The highest BCUT2D eigenvalue weighted by Crippen LogP contribution is 2.17. The lowest BCUT2D eigenvalue weighted by Gasteiger charge is -2.19. The minimum absolute atomic E-state index is 0.0348. The van der Waals surface area contributed by atoms with E-state index < -0.39 is 12.6 Å². The molecule has 17 heavy (non-hydrogen) atoms. The lowest BCUT2D eigenvalue weighted by molar-refractivity contribution is -0.142. The molecule has 1 atom stereocenters. The molecule has 2 rings (SSSR count). The summed E-state index contributed by atoms with van der Waals surface area (Å²) in [5.74, 6) is -0.442. The van der Waals surface area contributed by atoms with Crippen LogP contribution in [-0.4, -0.2) is 47.6 Å². The normalized spacial score (nSPS) is 20.4. The Bertz CT molecular complexity index is 373. The van der Waals surface area contributed by atoms with Gasteiger partial charge in [0.25, 0.3) is 5.89 Å². The topological polar surface area (TPSA) is 104 Å². The molecule has 1 aliphatic rings. The molecule has 1 N–H and O–H groups in total. The summed E-state index contributed by atoms with van der Waals surface area (Å²) < 4.78 is 20.3. The van der Waals surface area contributed by atoms with Crippen molar-refractivity contribution < 1.29 is 28.6 Å². The zero-order valence-corrected chi connectivity index (χ0v) is 9.00. The van der Waals surface area contributed by atoms with Crippen LogP contribution < -0.4 is 0 Å². The Morgan fingerprint density at radius 2 is 2.41 bits per heavy atom. The molecular weight excluding hydrogens is 232 g/mol. The molecule has 0 amide bonds. The number of carboxylic acid groups (broad SMARTS) is 1. The second-order valence-corrected chi connectivity index (χ2v) is 3.37. The van der Waals surface area contributed by atoms with Crippen LogP contribution in [0.25, 0.3) is 0 Å². The second-order valence-electron chi connectivity index (χ2n) is 3.37. The van der Waals surface area contributed by atoms with Crippen LogP contribution in [-0.2, 0) is 25.6 Å². The van der Waals surface area contributed by atoms with Crippen molar-refractivity contribution in [1.82, 2.24) is 10.1 Å². The van der Waals surface area contributed by atoms with Gasteiger partial charge >= 0.3 is 5.97 Å². The Labute approximate surface area is 96.5 Å². The van der Waals surface area contributed by atoms with E-state index in [1.807, 2.05) is 0 Å². The van der Waals surface area contributed by atoms with Gasteiger partial charge in [0.15, 0.2) is 0 Å². The first-order valence-electron chi connectivity index (χ1n) is 5.07. The molecule has 0 aromatic carbocycles. The first-order valence-corrected chi connectivity index (χ1v) is 5.07. The summed E-state index contributed by atoms with van der Waals surface area (Å²) in [6.07, 6.45) is -0.333. The lowest BCUT2D eigenvalue weighted by Crippen LogP contribution is -2.22.